The number of halogens is 1. The van der Waals surface area contributed by atoms with E-state index < -0.39 is 10.0 Å². The van der Waals surface area contributed by atoms with Gasteiger partial charge in [0.05, 0.1) is 0 Å². The molecule has 1 unspecified atom stereocenters. The summed E-state index contributed by atoms with van der Waals surface area (Å²) in [4.78, 5) is 14.4. The maximum Gasteiger partial charge on any atom is 0.289 e. The van der Waals surface area contributed by atoms with Gasteiger partial charge in [0.2, 0.25) is 10.0 Å². The first-order valence-electron chi connectivity index (χ1n) is 7.74. The second kappa shape index (κ2) is 8.33. The number of sulfonamides is 1. The van der Waals surface area contributed by atoms with Crippen molar-refractivity contribution in [3.05, 3.63) is 17.6 Å². The number of hydrogen-bond donors (Lipinski definition) is 1. The van der Waals surface area contributed by atoms with Crippen LogP contribution in [0.25, 0.3) is 0 Å². The second-order valence-electron chi connectivity index (χ2n) is 6.14. The highest BCUT2D eigenvalue weighted by atomic mass is 35.5. The molecule has 1 fully saturated rings. The molecule has 1 aromatic rings. The number of amides is 1. The van der Waals surface area contributed by atoms with Gasteiger partial charge in [0.25, 0.3) is 5.91 Å². The molecule has 1 aliphatic rings. The van der Waals surface area contributed by atoms with E-state index in [2.05, 4.69) is 5.32 Å². The Bertz CT molecular complexity index is 670. The lowest BCUT2D eigenvalue weighted by molar-refractivity contribution is 0.0641. The molecule has 1 N–H and O–H groups in total. The Labute approximate surface area is 149 Å². The molecule has 0 spiro atoms. The summed E-state index contributed by atoms with van der Waals surface area (Å²) < 4.78 is 31.0. The van der Waals surface area contributed by atoms with Gasteiger partial charge in [-0.3, -0.25) is 4.79 Å². The van der Waals surface area contributed by atoms with Crippen LogP contribution in [0.1, 0.15) is 29.2 Å². The van der Waals surface area contributed by atoms with Gasteiger partial charge in [-0.1, -0.05) is 0 Å². The topological polar surface area (TPSA) is 82.9 Å². The summed E-state index contributed by atoms with van der Waals surface area (Å²) in [5.74, 6) is 0.506. The Hall–Kier alpha value is -1.09. The Morgan fingerprint density at radius 2 is 2.12 bits per heavy atom. The van der Waals surface area contributed by atoms with E-state index >= 15 is 0 Å². The average Bonchev–Trinajstić information content (AvgIpc) is 2.89. The van der Waals surface area contributed by atoms with Crippen LogP contribution in [0.15, 0.2) is 15.4 Å². The third kappa shape index (κ3) is 4.30. The van der Waals surface area contributed by atoms with Crippen molar-refractivity contribution in [1.82, 2.24) is 14.5 Å². The Balaban J connectivity index is 0.00000288. The highest BCUT2D eigenvalue weighted by Gasteiger charge is 2.30. The third-order valence-corrected chi connectivity index (χ3v) is 6.06. The van der Waals surface area contributed by atoms with Crippen molar-refractivity contribution < 1.29 is 17.6 Å². The van der Waals surface area contributed by atoms with Crippen LogP contribution in [0.3, 0.4) is 0 Å². The van der Waals surface area contributed by atoms with Crippen LogP contribution in [-0.2, 0) is 10.0 Å². The smallest absolute Gasteiger partial charge is 0.289 e. The molecule has 0 radical (unpaired) electrons. The minimum atomic E-state index is -3.61. The quantitative estimate of drug-likeness (QED) is 0.834. The molecule has 2 heterocycles. The standard InChI is InChI=1S/C15H25N3O4S.ClH/c1-11-14(23(20,21)17(3)4)8-13(22-11)15(19)18-7-5-6-12(10-18)9-16-2;/h8,12,16H,5-7,9-10H2,1-4H3;1H. The van der Waals surface area contributed by atoms with Gasteiger partial charge in [-0.05, 0) is 39.3 Å². The molecule has 7 nitrogen and oxygen atoms in total. The first-order valence-corrected chi connectivity index (χ1v) is 9.18. The van der Waals surface area contributed by atoms with Crippen LogP contribution >= 0.6 is 12.4 Å². The first-order chi connectivity index (χ1) is 10.8. The number of aryl methyl sites for hydroxylation is 1. The minimum Gasteiger partial charge on any atom is -0.455 e. The van der Waals surface area contributed by atoms with Gasteiger partial charge in [-0.2, -0.15) is 0 Å². The molecule has 0 bridgehead atoms. The summed E-state index contributed by atoms with van der Waals surface area (Å²) in [6.45, 7) is 3.76. The van der Waals surface area contributed by atoms with E-state index in [1.54, 1.807) is 11.8 Å². The predicted octanol–water partition coefficient (Wildman–Crippen LogP) is 1.33. The molecule has 0 aliphatic carbocycles. The van der Waals surface area contributed by atoms with Crippen molar-refractivity contribution in [1.29, 1.82) is 0 Å². The van der Waals surface area contributed by atoms with E-state index in [0.29, 0.717) is 19.0 Å². The second-order valence-corrected chi connectivity index (χ2v) is 8.26. The predicted molar refractivity (Wildman–Crippen MR) is 94.1 cm³/mol. The van der Waals surface area contributed by atoms with Crippen molar-refractivity contribution in [3.63, 3.8) is 0 Å². The number of hydrogen-bond acceptors (Lipinski definition) is 5. The third-order valence-electron chi connectivity index (χ3n) is 4.14. The zero-order chi connectivity index (χ0) is 17.2. The van der Waals surface area contributed by atoms with Crippen molar-refractivity contribution in [2.45, 2.75) is 24.7 Å². The number of piperidine rings is 1. The zero-order valence-corrected chi connectivity index (χ0v) is 16.2. The van der Waals surface area contributed by atoms with Gasteiger partial charge < -0.3 is 14.6 Å². The number of carbonyl (C=O) groups is 1. The Kier molecular flexibility index (Phi) is 7.27. The SMILES string of the molecule is CNCC1CCCN(C(=O)c2cc(S(=O)(=O)N(C)C)c(C)o2)C1.Cl. The zero-order valence-electron chi connectivity index (χ0n) is 14.5. The summed E-state index contributed by atoms with van der Waals surface area (Å²) in [7, 11) is 1.20. The summed E-state index contributed by atoms with van der Waals surface area (Å²) in [6, 6.07) is 1.34. The summed E-state index contributed by atoms with van der Waals surface area (Å²) >= 11 is 0. The van der Waals surface area contributed by atoms with Gasteiger partial charge >= 0.3 is 0 Å². The fourth-order valence-electron chi connectivity index (χ4n) is 2.88. The number of rotatable bonds is 5. The van der Waals surface area contributed by atoms with Crippen LogP contribution in [-0.4, -0.2) is 64.3 Å². The van der Waals surface area contributed by atoms with E-state index in [0.717, 1.165) is 23.7 Å². The fourth-order valence-corrected chi connectivity index (χ4v) is 3.94. The average molecular weight is 380 g/mol. The maximum absolute atomic E-state index is 12.6. The van der Waals surface area contributed by atoms with Crippen LogP contribution in [0.2, 0.25) is 0 Å². The van der Waals surface area contributed by atoms with Crippen LogP contribution < -0.4 is 5.32 Å². The fraction of sp³-hybridized carbons (Fsp3) is 0.667. The number of nitrogens with one attached hydrogen (secondary N) is 1. The Morgan fingerprint density at radius 1 is 1.46 bits per heavy atom. The van der Waals surface area contributed by atoms with E-state index in [9.17, 15) is 13.2 Å². The molecule has 1 amide bonds. The number of likely N-dealkylation sites (tertiary alicyclic amines) is 1. The minimum absolute atomic E-state index is 0. The van der Waals surface area contributed by atoms with Gasteiger partial charge in [0.1, 0.15) is 10.7 Å². The number of carbonyl (C=O) groups excluding carboxylic acids is 1. The Morgan fingerprint density at radius 3 is 2.71 bits per heavy atom. The molecule has 1 atom stereocenters. The molecule has 138 valence electrons. The van der Waals surface area contributed by atoms with Crippen molar-refractivity contribution in [2.24, 2.45) is 5.92 Å². The van der Waals surface area contributed by atoms with E-state index in [4.69, 9.17) is 4.42 Å². The van der Waals surface area contributed by atoms with E-state index in [1.165, 1.54) is 20.2 Å². The summed E-state index contributed by atoms with van der Waals surface area (Å²) in [5, 5.41) is 3.14. The largest absolute Gasteiger partial charge is 0.455 e. The van der Waals surface area contributed by atoms with Gasteiger partial charge in [-0.25, -0.2) is 12.7 Å². The van der Waals surface area contributed by atoms with Gasteiger partial charge in [-0.15, -0.1) is 12.4 Å². The first kappa shape index (κ1) is 21.0. The lowest BCUT2D eigenvalue weighted by Gasteiger charge is -2.32. The molecule has 0 saturated carbocycles. The maximum atomic E-state index is 12.6. The van der Waals surface area contributed by atoms with Gasteiger partial charge in [0.15, 0.2) is 5.76 Å². The molecule has 9 heteroatoms. The van der Waals surface area contributed by atoms with Crippen molar-refractivity contribution >= 4 is 28.3 Å². The molecule has 0 aromatic carbocycles. The monoisotopic (exact) mass is 379 g/mol. The molecule has 1 aromatic heterocycles. The van der Waals surface area contributed by atoms with E-state index in [1.807, 2.05) is 7.05 Å². The molecular formula is C15H26ClN3O4S. The van der Waals surface area contributed by atoms with Crippen molar-refractivity contribution in [2.75, 3.05) is 40.8 Å². The molecule has 24 heavy (non-hydrogen) atoms. The van der Waals surface area contributed by atoms with Crippen molar-refractivity contribution in [3.8, 4) is 0 Å². The molecule has 2 rings (SSSR count). The summed E-state index contributed by atoms with van der Waals surface area (Å²) in [5.41, 5.74) is 0. The highest BCUT2D eigenvalue weighted by Crippen LogP contribution is 2.25. The van der Waals surface area contributed by atoms with Crippen LogP contribution in [0, 0.1) is 12.8 Å². The van der Waals surface area contributed by atoms with Gasteiger partial charge in [0, 0.05) is 33.3 Å². The highest BCUT2D eigenvalue weighted by molar-refractivity contribution is 7.89. The normalized spacial score (nSPS) is 18.5. The number of furan rings is 1. The van der Waals surface area contributed by atoms with E-state index in [-0.39, 0.29) is 34.7 Å². The molecule has 1 saturated heterocycles. The summed E-state index contributed by atoms with van der Waals surface area (Å²) in [6.07, 6.45) is 2.03. The lowest BCUT2D eigenvalue weighted by atomic mass is 9.98. The van der Waals surface area contributed by atoms with Crippen LogP contribution in [0.4, 0.5) is 0 Å². The lowest BCUT2D eigenvalue weighted by Crippen LogP contribution is -2.42. The number of nitrogens with zero attached hydrogens (tertiary/aromatic N) is 2. The molecule has 1 aliphatic heterocycles. The van der Waals surface area contributed by atoms with Crippen LogP contribution in [0.5, 0.6) is 0 Å². The molecular weight excluding hydrogens is 354 g/mol.